The van der Waals surface area contributed by atoms with Crippen molar-refractivity contribution in [3.05, 3.63) is 34.6 Å². The van der Waals surface area contributed by atoms with Gasteiger partial charge in [-0.05, 0) is 49.9 Å². The van der Waals surface area contributed by atoms with Gasteiger partial charge in [0.2, 0.25) is 0 Å². The summed E-state index contributed by atoms with van der Waals surface area (Å²) in [7, 11) is 0. The molecule has 1 saturated heterocycles. The maximum atomic E-state index is 13.2. The average molecular weight is 236 g/mol. The van der Waals surface area contributed by atoms with Gasteiger partial charge in [-0.15, -0.1) is 0 Å². The van der Waals surface area contributed by atoms with E-state index in [4.69, 9.17) is 4.74 Å². The molecule has 0 spiro atoms. The SMILES string of the molecule is Cc1cc(F)cc(C)c1C(=O)C1CCOCC1. The fraction of sp³-hybridized carbons (Fsp3) is 0.500. The number of carbonyl (C=O) groups is 1. The summed E-state index contributed by atoms with van der Waals surface area (Å²) in [6.07, 6.45) is 1.55. The predicted octanol–water partition coefficient (Wildman–Crippen LogP) is 3.05. The number of aryl methyl sites for hydroxylation is 2. The fourth-order valence-corrected chi connectivity index (χ4v) is 2.46. The average Bonchev–Trinajstić information content (AvgIpc) is 2.28. The van der Waals surface area contributed by atoms with Crippen LogP contribution < -0.4 is 0 Å². The predicted molar refractivity (Wildman–Crippen MR) is 63.7 cm³/mol. The minimum absolute atomic E-state index is 0.0339. The van der Waals surface area contributed by atoms with Crippen molar-refractivity contribution in [1.29, 1.82) is 0 Å². The molecule has 0 radical (unpaired) electrons. The third-order valence-electron chi connectivity index (χ3n) is 3.34. The van der Waals surface area contributed by atoms with Crippen LogP contribution in [0.4, 0.5) is 4.39 Å². The fourth-order valence-electron chi connectivity index (χ4n) is 2.46. The second-order valence-electron chi connectivity index (χ2n) is 4.67. The van der Waals surface area contributed by atoms with E-state index in [1.54, 1.807) is 13.8 Å². The second kappa shape index (κ2) is 4.96. The van der Waals surface area contributed by atoms with E-state index in [1.165, 1.54) is 12.1 Å². The monoisotopic (exact) mass is 236 g/mol. The Bertz CT molecular complexity index is 411. The maximum Gasteiger partial charge on any atom is 0.166 e. The molecule has 2 rings (SSSR count). The van der Waals surface area contributed by atoms with Crippen LogP contribution in [0.3, 0.4) is 0 Å². The van der Waals surface area contributed by atoms with E-state index in [1.807, 2.05) is 0 Å². The highest BCUT2D eigenvalue weighted by Gasteiger charge is 2.25. The molecular weight excluding hydrogens is 219 g/mol. The van der Waals surface area contributed by atoms with Gasteiger partial charge in [-0.1, -0.05) is 0 Å². The lowest BCUT2D eigenvalue weighted by Crippen LogP contribution is -2.24. The van der Waals surface area contributed by atoms with Crippen LogP contribution in [0.25, 0.3) is 0 Å². The van der Waals surface area contributed by atoms with E-state index in [9.17, 15) is 9.18 Å². The van der Waals surface area contributed by atoms with Crippen LogP contribution >= 0.6 is 0 Å². The molecule has 0 unspecified atom stereocenters. The van der Waals surface area contributed by atoms with Crippen LogP contribution in [0.15, 0.2) is 12.1 Å². The number of rotatable bonds is 2. The number of carbonyl (C=O) groups excluding carboxylic acids is 1. The van der Waals surface area contributed by atoms with Crippen LogP contribution in [0, 0.1) is 25.6 Å². The number of hydrogen-bond donors (Lipinski definition) is 0. The molecule has 1 aliphatic heterocycles. The zero-order valence-corrected chi connectivity index (χ0v) is 10.3. The maximum absolute atomic E-state index is 13.2. The number of halogens is 1. The Balaban J connectivity index is 2.30. The summed E-state index contributed by atoms with van der Waals surface area (Å²) in [5, 5.41) is 0. The summed E-state index contributed by atoms with van der Waals surface area (Å²) >= 11 is 0. The number of Topliss-reactive ketones (excluding diaryl/α,β-unsaturated/α-hetero) is 1. The molecule has 0 atom stereocenters. The first-order valence-electron chi connectivity index (χ1n) is 5.98. The third-order valence-corrected chi connectivity index (χ3v) is 3.34. The molecule has 3 heteroatoms. The van der Waals surface area contributed by atoms with Crippen molar-refractivity contribution in [2.45, 2.75) is 26.7 Å². The van der Waals surface area contributed by atoms with E-state index >= 15 is 0 Å². The van der Waals surface area contributed by atoms with E-state index in [0.717, 1.165) is 24.0 Å². The summed E-state index contributed by atoms with van der Waals surface area (Å²) in [6, 6.07) is 2.86. The first kappa shape index (κ1) is 12.2. The van der Waals surface area contributed by atoms with Gasteiger partial charge in [0.15, 0.2) is 5.78 Å². The highest BCUT2D eigenvalue weighted by atomic mass is 19.1. The van der Waals surface area contributed by atoms with E-state index in [-0.39, 0.29) is 17.5 Å². The zero-order chi connectivity index (χ0) is 12.4. The van der Waals surface area contributed by atoms with Crippen LogP contribution in [0.2, 0.25) is 0 Å². The molecule has 0 bridgehead atoms. The van der Waals surface area contributed by atoms with Crippen LogP contribution in [0.5, 0.6) is 0 Å². The molecule has 0 aliphatic carbocycles. The van der Waals surface area contributed by atoms with Crippen LogP contribution in [-0.4, -0.2) is 19.0 Å². The molecule has 0 aromatic heterocycles. The smallest absolute Gasteiger partial charge is 0.166 e. The van der Waals surface area contributed by atoms with E-state index in [0.29, 0.717) is 18.8 Å². The van der Waals surface area contributed by atoms with Gasteiger partial charge in [-0.25, -0.2) is 4.39 Å². The van der Waals surface area contributed by atoms with Gasteiger partial charge in [0.1, 0.15) is 5.82 Å². The van der Waals surface area contributed by atoms with Crippen molar-refractivity contribution in [2.24, 2.45) is 5.92 Å². The highest BCUT2D eigenvalue weighted by Crippen LogP contribution is 2.25. The Morgan fingerprint density at radius 1 is 1.24 bits per heavy atom. The summed E-state index contributed by atoms with van der Waals surface area (Å²) < 4.78 is 18.4. The quantitative estimate of drug-likeness (QED) is 0.738. The molecular formula is C14H17FO2. The zero-order valence-electron chi connectivity index (χ0n) is 10.3. The normalized spacial score (nSPS) is 17.1. The van der Waals surface area contributed by atoms with Crippen molar-refractivity contribution in [3.63, 3.8) is 0 Å². The molecule has 1 fully saturated rings. The molecule has 17 heavy (non-hydrogen) atoms. The van der Waals surface area contributed by atoms with Gasteiger partial charge in [-0.3, -0.25) is 4.79 Å². The minimum Gasteiger partial charge on any atom is -0.381 e. The van der Waals surface area contributed by atoms with Crippen molar-refractivity contribution >= 4 is 5.78 Å². The topological polar surface area (TPSA) is 26.3 Å². The van der Waals surface area contributed by atoms with Gasteiger partial charge >= 0.3 is 0 Å². The molecule has 1 aliphatic rings. The standard InChI is InChI=1S/C14H17FO2/c1-9-7-12(15)8-10(2)13(9)14(16)11-3-5-17-6-4-11/h7-8,11H,3-6H2,1-2H3. The Labute approximate surface area is 101 Å². The number of ketones is 1. The van der Waals surface area contributed by atoms with Crippen molar-refractivity contribution < 1.29 is 13.9 Å². The Hall–Kier alpha value is -1.22. The molecule has 92 valence electrons. The first-order chi connectivity index (χ1) is 8.09. The van der Waals surface area contributed by atoms with Gasteiger partial charge < -0.3 is 4.74 Å². The second-order valence-corrected chi connectivity index (χ2v) is 4.67. The first-order valence-corrected chi connectivity index (χ1v) is 5.98. The van der Waals surface area contributed by atoms with E-state index < -0.39 is 0 Å². The summed E-state index contributed by atoms with van der Waals surface area (Å²) in [5.74, 6) is -0.0987. The van der Waals surface area contributed by atoms with Gasteiger partial charge in [0.25, 0.3) is 0 Å². The molecule has 2 nitrogen and oxygen atoms in total. The summed E-state index contributed by atoms with van der Waals surface area (Å²) in [5.41, 5.74) is 2.16. The van der Waals surface area contributed by atoms with Crippen LogP contribution in [-0.2, 0) is 4.74 Å². The van der Waals surface area contributed by atoms with Crippen molar-refractivity contribution in [2.75, 3.05) is 13.2 Å². The number of benzene rings is 1. The molecule has 0 N–H and O–H groups in total. The third kappa shape index (κ3) is 2.55. The lowest BCUT2D eigenvalue weighted by molar-refractivity contribution is 0.0544. The lowest BCUT2D eigenvalue weighted by atomic mass is 9.87. The largest absolute Gasteiger partial charge is 0.381 e. The molecule has 0 amide bonds. The Morgan fingerprint density at radius 2 is 1.76 bits per heavy atom. The van der Waals surface area contributed by atoms with E-state index in [2.05, 4.69) is 0 Å². The van der Waals surface area contributed by atoms with Gasteiger partial charge in [-0.2, -0.15) is 0 Å². The van der Waals surface area contributed by atoms with Gasteiger partial charge in [0, 0.05) is 24.7 Å². The minimum atomic E-state index is -0.275. The molecule has 0 saturated carbocycles. The lowest BCUT2D eigenvalue weighted by Gasteiger charge is -2.22. The summed E-state index contributed by atoms with van der Waals surface area (Å²) in [4.78, 5) is 12.4. The van der Waals surface area contributed by atoms with Crippen molar-refractivity contribution in [3.8, 4) is 0 Å². The summed E-state index contributed by atoms with van der Waals surface area (Å²) in [6.45, 7) is 4.89. The number of ether oxygens (including phenoxy) is 1. The highest BCUT2D eigenvalue weighted by molar-refractivity contribution is 6.00. The Kier molecular flexibility index (Phi) is 3.57. The number of hydrogen-bond acceptors (Lipinski definition) is 2. The van der Waals surface area contributed by atoms with Gasteiger partial charge in [0.05, 0.1) is 0 Å². The van der Waals surface area contributed by atoms with Crippen LogP contribution in [0.1, 0.15) is 34.3 Å². The molecule has 1 aromatic carbocycles. The van der Waals surface area contributed by atoms with Crippen molar-refractivity contribution in [1.82, 2.24) is 0 Å². The molecule has 1 heterocycles. The molecule has 1 aromatic rings. The Morgan fingerprint density at radius 3 is 2.29 bits per heavy atom.